The number of carboxylic acids is 1. The fourth-order valence-corrected chi connectivity index (χ4v) is 2.55. The molecule has 0 aliphatic carbocycles. The average Bonchev–Trinajstić information content (AvgIpc) is 2.64. The van der Waals surface area contributed by atoms with Crippen molar-refractivity contribution >= 4 is 11.9 Å². The molecule has 0 spiro atoms. The van der Waals surface area contributed by atoms with Crippen molar-refractivity contribution in [3.8, 4) is 11.5 Å². The van der Waals surface area contributed by atoms with Gasteiger partial charge in [0.15, 0.2) is 0 Å². The van der Waals surface area contributed by atoms with Gasteiger partial charge in [0.1, 0.15) is 11.5 Å². The Kier molecular flexibility index (Phi) is 7.10. The summed E-state index contributed by atoms with van der Waals surface area (Å²) in [5.74, 6) is -2.45. The lowest BCUT2D eigenvalue weighted by atomic mass is 9.98. The van der Waals surface area contributed by atoms with Gasteiger partial charge in [-0.2, -0.15) is 8.78 Å². The Labute approximate surface area is 154 Å². The monoisotopic (exact) mass is 379 g/mol. The number of hydrogen-bond donors (Lipinski definition) is 2. The van der Waals surface area contributed by atoms with Gasteiger partial charge in [-0.15, -0.1) is 0 Å². The molecule has 2 N–H and O–H groups in total. The summed E-state index contributed by atoms with van der Waals surface area (Å²) in [4.78, 5) is 23.8. The minimum absolute atomic E-state index is 0.0979. The first-order valence-corrected chi connectivity index (χ1v) is 8.09. The standard InChI is InChI=1S/C19H19F2NO5/c1-26-15-8-4-2-6-12(15)10-13(18(24)25)11-22-17(23)14-7-3-5-9-16(14)27-19(20)21/h2-9,13,19H,10-11H2,1H3,(H,22,23)(H,24,25). The second-order valence-corrected chi connectivity index (χ2v) is 5.64. The number of hydrogen-bond acceptors (Lipinski definition) is 4. The predicted octanol–water partition coefficient (Wildman–Crippen LogP) is 2.97. The summed E-state index contributed by atoms with van der Waals surface area (Å²) in [7, 11) is 1.48. The SMILES string of the molecule is COc1ccccc1CC(CNC(=O)c1ccccc1OC(F)F)C(=O)O. The average molecular weight is 379 g/mol. The van der Waals surface area contributed by atoms with Crippen molar-refractivity contribution in [2.75, 3.05) is 13.7 Å². The fourth-order valence-electron chi connectivity index (χ4n) is 2.55. The summed E-state index contributed by atoms with van der Waals surface area (Å²) in [6, 6.07) is 12.5. The van der Waals surface area contributed by atoms with Crippen LogP contribution in [0.1, 0.15) is 15.9 Å². The molecular formula is C19H19F2NO5. The number of carbonyl (C=O) groups excluding carboxylic acids is 1. The smallest absolute Gasteiger partial charge is 0.387 e. The minimum atomic E-state index is -3.07. The Balaban J connectivity index is 2.08. The first-order chi connectivity index (χ1) is 12.9. The maximum Gasteiger partial charge on any atom is 0.387 e. The Bertz CT molecular complexity index is 797. The molecule has 0 heterocycles. The molecule has 0 saturated heterocycles. The maximum absolute atomic E-state index is 12.5. The molecule has 0 saturated carbocycles. The van der Waals surface area contributed by atoms with Crippen LogP contribution in [0.15, 0.2) is 48.5 Å². The second kappa shape index (κ2) is 9.51. The van der Waals surface area contributed by atoms with Crippen LogP contribution in [0, 0.1) is 5.92 Å². The van der Waals surface area contributed by atoms with Gasteiger partial charge in [-0.05, 0) is 30.2 Å². The summed E-state index contributed by atoms with van der Waals surface area (Å²) in [6.45, 7) is -3.26. The Morgan fingerprint density at radius 3 is 2.33 bits per heavy atom. The van der Waals surface area contributed by atoms with Gasteiger partial charge in [0, 0.05) is 6.54 Å². The Hall–Kier alpha value is -3.16. The van der Waals surface area contributed by atoms with Crippen LogP contribution in [-0.2, 0) is 11.2 Å². The van der Waals surface area contributed by atoms with E-state index >= 15 is 0 Å². The van der Waals surface area contributed by atoms with Gasteiger partial charge >= 0.3 is 12.6 Å². The molecule has 2 rings (SSSR count). The number of methoxy groups -OCH3 is 1. The van der Waals surface area contributed by atoms with Crippen LogP contribution in [0.5, 0.6) is 11.5 Å². The molecule has 2 aromatic rings. The van der Waals surface area contributed by atoms with Crippen LogP contribution in [-0.4, -0.2) is 37.2 Å². The van der Waals surface area contributed by atoms with Crippen molar-refractivity contribution in [3.05, 3.63) is 59.7 Å². The van der Waals surface area contributed by atoms with Gasteiger partial charge in [-0.3, -0.25) is 9.59 Å². The third kappa shape index (κ3) is 5.67. The molecule has 0 fully saturated rings. The van der Waals surface area contributed by atoms with E-state index in [-0.39, 0.29) is 24.3 Å². The molecule has 1 atom stereocenters. The molecule has 0 aliphatic rings. The van der Waals surface area contributed by atoms with Crippen molar-refractivity contribution in [1.82, 2.24) is 5.32 Å². The molecule has 8 heteroatoms. The molecule has 6 nitrogen and oxygen atoms in total. The first-order valence-electron chi connectivity index (χ1n) is 8.09. The number of carboxylic acid groups (broad SMARTS) is 1. The molecule has 1 amide bonds. The van der Waals surface area contributed by atoms with Crippen LogP contribution in [0.2, 0.25) is 0 Å². The zero-order valence-electron chi connectivity index (χ0n) is 14.5. The molecule has 0 aliphatic heterocycles. The van der Waals surface area contributed by atoms with Crippen molar-refractivity contribution in [3.63, 3.8) is 0 Å². The molecule has 27 heavy (non-hydrogen) atoms. The highest BCUT2D eigenvalue weighted by Crippen LogP contribution is 2.22. The molecule has 144 valence electrons. The van der Waals surface area contributed by atoms with E-state index in [1.165, 1.54) is 31.4 Å². The summed E-state index contributed by atoms with van der Waals surface area (Å²) in [5, 5.41) is 11.9. The number of ether oxygens (including phenoxy) is 2. The van der Waals surface area contributed by atoms with E-state index in [0.29, 0.717) is 11.3 Å². The van der Waals surface area contributed by atoms with E-state index in [0.717, 1.165) is 0 Å². The highest BCUT2D eigenvalue weighted by molar-refractivity contribution is 5.97. The van der Waals surface area contributed by atoms with Crippen molar-refractivity contribution in [2.24, 2.45) is 5.92 Å². The number of benzene rings is 2. The lowest BCUT2D eigenvalue weighted by molar-refractivity contribution is -0.141. The van der Waals surface area contributed by atoms with Crippen molar-refractivity contribution in [2.45, 2.75) is 13.0 Å². The van der Waals surface area contributed by atoms with Crippen molar-refractivity contribution in [1.29, 1.82) is 0 Å². The highest BCUT2D eigenvalue weighted by Gasteiger charge is 2.22. The third-order valence-electron chi connectivity index (χ3n) is 3.86. The predicted molar refractivity (Wildman–Crippen MR) is 93.2 cm³/mol. The van der Waals surface area contributed by atoms with Crippen LogP contribution in [0.4, 0.5) is 8.78 Å². The van der Waals surface area contributed by atoms with Gasteiger partial charge in [-0.25, -0.2) is 0 Å². The first kappa shape index (κ1) is 20.2. The van der Waals surface area contributed by atoms with E-state index in [4.69, 9.17) is 4.74 Å². The molecule has 0 aromatic heterocycles. The van der Waals surface area contributed by atoms with Gasteiger partial charge in [0.05, 0.1) is 18.6 Å². The van der Waals surface area contributed by atoms with Crippen LogP contribution < -0.4 is 14.8 Å². The number of aliphatic carboxylic acids is 1. The number of halogens is 2. The number of alkyl halides is 2. The van der Waals surface area contributed by atoms with Gasteiger partial charge in [0.2, 0.25) is 0 Å². The van der Waals surface area contributed by atoms with E-state index < -0.39 is 24.4 Å². The minimum Gasteiger partial charge on any atom is -0.496 e. The van der Waals surface area contributed by atoms with E-state index in [2.05, 4.69) is 10.1 Å². The molecule has 0 radical (unpaired) electrons. The van der Waals surface area contributed by atoms with Crippen LogP contribution >= 0.6 is 0 Å². The highest BCUT2D eigenvalue weighted by atomic mass is 19.3. The summed E-state index contributed by atoms with van der Waals surface area (Å²) in [5.41, 5.74) is 0.585. The second-order valence-electron chi connectivity index (χ2n) is 5.64. The number of rotatable bonds is 9. The maximum atomic E-state index is 12.5. The summed E-state index contributed by atoms with van der Waals surface area (Å²) < 4.78 is 34.4. The van der Waals surface area contributed by atoms with Gasteiger partial charge < -0.3 is 19.9 Å². The van der Waals surface area contributed by atoms with Gasteiger partial charge in [-0.1, -0.05) is 30.3 Å². The lowest BCUT2D eigenvalue weighted by Crippen LogP contribution is -2.34. The fraction of sp³-hybridized carbons (Fsp3) is 0.263. The zero-order valence-corrected chi connectivity index (χ0v) is 14.5. The van der Waals surface area contributed by atoms with Crippen LogP contribution in [0.3, 0.4) is 0 Å². The Morgan fingerprint density at radius 1 is 1.07 bits per heavy atom. The number of para-hydroxylation sites is 2. The van der Waals surface area contributed by atoms with E-state index in [1.54, 1.807) is 24.3 Å². The lowest BCUT2D eigenvalue weighted by Gasteiger charge is -2.16. The quantitative estimate of drug-likeness (QED) is 0.700. The van der Waals surface area contributed by atoms with E-state index in [9.17, 15) is 23.5 Å². The molecular weight excluding hydrogens is 360 g/mol. The van der Waals surface area contributed by atoms with Crippen LogP contribution in [0.25, 0.3) is 0 Å². The van der Waals surface area contributed by atoms with Crippen molar-refractivity contribution < 1.29 is 33.0 Å². The summed E-state index contributed by atoms with van der Waals surface area (Å²) >= 11 is 0. The largest absolute Gasteiger partial charge is 0.496 e. The van der Waals surface area contributed by atoms with Gasteiger partial charge in [0.25, 0.3) is 5.91 Å². The molecule has 0 bridgehead atoms. The number of carbonyl (C=O) groups is 2. The normalized spacial score (nSPS) is 11.7. The number of amides is 1. The Morgan fingerprint density at radius 2 is 1.70 bits per heavy atom. The summed E-state index contributed by atoms with van der Waals surface area (Å²) in [6.07, 6.45) is 0.134. The third-order valence-corrected chi connectivity index (χ3v) is 3.86. The molecule has 2 aromatic carbocycles. The zero-order chi connectivity index (χ0) is 19.8. The number of nitrogens with one attached hydrogen (secondary N) is 1. The topological polar surface area (TPSA) is 84.9 Å². The van der Waals surface area contributed by atoms with E-state index in [1.807, 2.05) is 0 Å². The molecule has 1 unspecified atom stereocenters.